The zero-order valence-corrected chi connectivity index (χ0v) is 17.5. The Morgan fingerprint density at radius 1 is 1.06 bits per heavy atom. The number of rotatable bonds is 5. The van der Waals surface area contributed by atoms with E-state index < -0.39 is 4.92 Å². The van der Waals surface area contributed by atoms with Crippen molar-refractivity contribution in [1.29, 1.82) is 0 Å². The van der Waals surface area contributed by atoms with E-state index in [4.69, 9.17) is 9.47 Å². The Hall–Kier alpha value is -3.56. The van der Waals surface area contributed by atoms with Gasteiger partial charge in [-0.1, -0.05) is 36.0 Å². The molecule has 4 aromatic rings. The molecule has 1 aliphatic rings. The minimum Gasteiger partial charge on any atom is -0.467 e. The van der Waals surface area contributed by atoms with Crippen LogP contribution >= 0.6 is 11.8 Å². The summed E-state index contributed by atoms with van der Waals surface area (Å²) in [6.45, 7) is 0.376. The van der Waals surface area contributed by atoms with Crippen LogP contribution in [-0.2, 0) is 17.1 Å². The molecule has 0 spiro atoms. The highest BCUT2D eigenvalue weighted by Gasteiger charge is 2.21. The number of ether oxygens (including phenoxy) is 2. The molecule has 3 aromatic carbocycles. The molecule has 5 rings (SSSR count). The Bertz CT molecular complexity index is 1330. The molecular formula is C23H16FN3O4S. The van der Waals surface area contributed by atoms with Crippen LogP contribution in [0, 0.1) is 15.9 Å². The average Bonchev–Trinajstić information content (AvgIpc) is 2.82. The summed E-state index contributed by atoms with van der Waals surface area (Å²) in [4.78, 5) is 10.9. The molecule has 0 amide bonds. The van der Waals surface area contributed by atoms with Crippen LogP contribution in [-0.4, -0.2) is 21.9 Å². The van der Waals surface area contributed by atoms with Crippen LogP contribution in [0.5, 0.6) is 5.75 Å². The van der Waals surface area contributed by atoms with Crippen LogP contribution in [0.4, 0.5) is 10.1 Å². The van der Waals surface area contributed by atoms with Crippen molar-refractivity contribution in [3.63, 3.8) is 0 Å². The molecule has 160 valence electrons. The van der Waals surface area contributed by atoms with Crippen LogP contribution in [0.25, 0.3) is 22.0 Å². The zero-order chi connectivity index (χ0) is 22.1. The lowest BCUT2D eigenvalue weighted by Gasteiger charge is -2.20. The van der Waals surface area contributed by atoms with Crippen molar-refractivity contribution in [2.45, 2.75) is 17.4 Å². The van der Waals surface area contributed by atoms with Crippen molar-refractivity contribution < 1.29 is 18.8 Å². The van der Waals surface area contributed by atoms with E-state index in [9.17, 15) is 14.5 Å². The highest BCUT2D eigenvalue weighted by Crippen LogP contribution is 2.38. The summed E-state index contributed by atoms with van der Waals surface area (Å²) >= 11 is 1.43. The van der Waals surface area contributed by atoms with Gasteiger partial charge in [0.25, 0.3) is 5.69 Å². The number of nitro benzene ring substituents is 1. The molecule has 9 heteroatoms. The summed E-state index contributed by atoms with van der Waals surface area (Å²) in [5.41, 5.74) is 2.79. The standard InChI is InChI=1S/C23H16FN3O4S/c24-17-7-5-14(6-8-17)21-19-3-1-2-4-20(19)23(26-25-21)32-12-16-10-18(27(28)29)9-15-11-30-13-31-22(15)16/h1-10H,11-13H2. The second kappa shape index (κ2) is 8.52. The Labute approximate surface area is 186 Å². The van der Waals surface area contributed by atoms with Gasteiger partial charge in [0.1, 0.15) is 22.3 Å². The Kier molecular flexibility index (Phi) is 5.42. The first-order valence-electron chi connectivity index (χ1n) is 9.75. The molecule has 32 heavy (non-hydrogen) atoms. The van der Waals surface area contributed by atoms with Crippen molar-refractivity contribution in [2.75, 3.05) is 6.79 Å². The average molecular weight is 449 g/mol. The summed E-state index contributed by atoms with van der Waals surface area (Å²) in [6.07, 6.45) is 0. The number of fused-ring (bicyclic) bond motifs is 2. The summed E-state index contributed by atoms with van der Waals surface area (Å²) < 4.78 is 24.2. The van der Waals surface area contributed by atoms with Crippen LogP contribution in [0.1, 0.15) is 11.1 Å². The predicted octanol–water partition coefficient (Wildman–Crippen LogP) is 5.50. The molecule has 2 heterocycles. The lowest BCUT2D eigenvalue weighted by Crippen LogP contribution is -2.13. The molecule has 1 aliphatic heterocycles. The van der Waals surface area contributed by atoms with Gasteiger partial charge in [0.2, 0.25) is 0 Å². The molecule has 0 unspecified atom stereocenters. The van der Waals surface area contributed by atoms with Gasteiger partial charge >= 0.3 is 0 Å². The van der Waals surface area contributed by atoms with Gasteiger partial charge in [0.05, 0.1) is 11.5 Å². The number of hydrogen-bond acceptors (Lipinski definition) is 7. The zero-order valence-electron chi connectivity index (χ0n) is 16.7. The van der Waals surface area contributed by atoms with E-state index in [1.807, 2.05) is 24.3 Å². The number of thioether (sulfide) groups is 1. The number of benzene rings is 3. The maximum atomic E-state index is 13.3. The second-order valence-corrected chi connectivity index (χ2v) is 8.12. The summed E-state index contributed by atoms with van der Waals surface area (Å²) in [6, 6.07) is 16.9. The Morgan fingerprint density at radius 2 is 1.84 bits per heavy atom. The molecule has 0 bridgehead atoms. The molecule has 0 saturated carbocycles. The molecular weight excluding hydrogens is 433 g/mol. The first-order valence-corrected chi connectivity index (χ1v) is 10.7. The normalized spacial score (nSPS) is 12.9. The Balaban J connectivity index is 1.51. The van der Waals surface area contributed by atoms with Gasteiger partial charge < -0.3 is 9.47 Å². The number of non-ortho nitro benzene ring substituents is 1. The summed E-state index contributed by atoms with van der Waals surface area (Å²) in [5, 5.41) is 22.6. The van der Waals surface area contributed by atoms with Gasteiger partial charge in [0.15, 0.2) is 6.79 Å². The highest BCUT2D eigenvalue weighted by atomic mass is 32.2. The first kappa shape index (κ1) is 20.3. The molecule has 0 aliphatic carbocycles. The second-order valence-electron chi connectivity index (χ2n) is 7.16. The number of aromatic nitrogens is 2. The van der Waals surface area contributed by atoms with Gasteiger partial charge in [-0.3, -0.25) is 10.1 Å². The first-order chi connectivity index (χ1) is 15.6. The number of nitro groups is 1. The van der Waals surface area contributed by atoms with Crippen molar-refractivity contribution >= 4 is 28.2 Å². The summed E-state index contributed by atoms with van der Waals surface area (Å²) in [7, 11) is 0. The molecule has 0 atom stereocenters. The summed E-state index contributed by atoms with van der Waals surface area (Å²) in [5.74, 6) is 0.721. The third-order valence-electron chi connectivity index (χ3n) is 5.12. The highest BCUT2D eigenvalue weighted by molar-refractivity contribution is 7.98. The van der Waals surface area contributed by atoms with E-state index in [0.717, 1.165) is 16.3 Å². The van der Waals surface area contributed by atoms with Gasteiger partial charge in [0, 0.05) is 45.3 Å². The molecule has 0 N–H and O–H groups in total. The number of hydrogen-bond donors (Lipinski definition) is 0. The van der Waals surface area contributed by atoms with Crippen LogP contribution < -0.4 is 4.74 Å². The van der Waals surface area contributed by atoms with Gasteiger partial charge in [-0.15, -0.1) is 10.2 Å². The third kappa shape index (κ3) is 3.88. The fraction of sp³-hybridized carbons (Fsp3) is 0.130. The largest absolute Gasteiger partial charge is 0.467 e. The molecule has 7 nitrogen and oxygen atoms in total. The number of halogens is 1. The third-order valence-corrected chi connectivity index (χ3v) is 6.15. The fourth-order valence-electron chi connectivity index (χ4n) is 3.65. The van der Waals surface area contributed by atoms with E-state index in [2.05, 4.69) is 10.2 Å². The minimum atomic E-state index is -0.421. The van der Waals surface area contributed by atoms with Crippen LogP contribution in [0.3, 0.4) is 0 Å². The maximum Gasteiger partial charge on any atom is 0.270 e. The van der Waals surface area contributed by atoms with Crippen molar-refractivity contribution in [3.05, 3.63) is 87.7 Å². The molecule has 0 radical (unpaired) electrons. The van der Waals surface area contributed by atoms with E-state index >= 15 is 0 Å². The van der Waals surface area contributed by atoms with Gasteiger partial charge in [-0.05, 0) is 24.3 Å². The lowest BCUT2D eigenvalue weighted by atomic mass is 10.1. The van der Waals surface area contributed by atoms with Gasteiger partial charge in [-0.25, -0.2) is 4.39 Å². The van der Waals surface area contributed by atoms with E-state index in [1.54, 1.807) is 12.1 Å². The quantitative estimate of drug-likeness (QED) is 0.226. The van der Waals surface area contributed by atoms with Crippen LogP contribution in [0.2, 0.25) is 0 Å². The van der Waals surface area contributed by atoms with Crippen LogP contribution in [0.15, 0.2) is 65.7 Å². The predicted molar refractivity (Wildman–Crippen MR) is 118 cm³/mol. The van der Waals surface area contributed by atoms with Crippen molar-refractivity contribution in [1.82, 2.24) is 10.2 Å². The number of nitrogens with zero attached hydrogens (tertiary/aromatic N) is 3. The van der Waals surface area contributed by atoms with Gasteiger partial charge in [-0.2, -0.15) is 0 Å². The van der Waals surface area contributed by atoms with E-state index in [0.29, 0.717) is 33.3 Å². The maximum absolute atomic E-state index is 13.3. The lowest BCUT2D eigenvalue weighted by molar-refractivity contribution is -0.385. The fourth-order valence-corrected chi connectivity index (χ4v) is 4.59. The molecule has 0 saturated heterocycles. The van der Waals surface area contributed by atoms with E-state index in [1.165, 1.54) is 36.0 Å². The minimum absolute atomic E-state index is 0.00366. The molecule has 0 fully saturated rings. The SMILES string of the molecule is O=[N+]([O-])c1cc2c(c(CSc3nnc(-c4ccc(F)cc4)c4ccccc34)c1)OCOC2. The van der Waals surface area contributed by atoms with Crippen molar-refractivity contribution in [2.24, 2.45) is 0 Å². The monoisotopic (exact) mass is 449 g/mol. The van der Waals surface area contributed by atoms with E-state index in [-0.39, 0.29) is 24.9 Å². The smallest absolute Gasteiger partial charge is 0.270 e. The molecule has 1 aromatic heterocycles. The Morgan fingerprint density at radius 3 is 2.62 bits per heavy atom. The topological polar surface area (TPSA) is 87.4 Å². The van der Waals surface area contributed by atoms with Crippen molar-refractivity contribution in [3.8, 4) is 17.0 Å².